The number of halogens is 2. The molecule has 1 heterocycles. The van der Waals surface area contributed by atoms with Crippen LogP contribution >= 0.6 is 23.4 Å². The number of hydrogen-bond donors (Lipinski definition) is 1. The van der Waals surface area contributed by atoms with Crippen LogP contribution < -0.4 is 10.2 Å². The molecule has 0 unspecified atom stereocenters. The Bertz CT molecular complexity index is 1270. The van der Waals surface area contributed by atoms with Crippen LogP contribution in [0.3, 0.4) is 0 Å². The van der Waals surface area contributed by atoms with E-state index in [4.69, 9.17) is 11.6 Å². The molecule has 0 fully saturated rings. The molecule has 35 heavy (non-hydrogen) atoms. The highest BCUT2D eigenvalue weighted by Gasteiger charge is 2.10. The van der Waals surface area contributed by atoms with Gasteiger partial charge in [-0.2, -0.15) is 0 Å². The Hall–Kier alpha value is -3.42. The highest BCUT2D eigenvalue weighted by atomic mass is 35.5. The van der Waals surface area contributed by atoms with Crippen molar-refractivity contribution in [3.63, 3.8) is 0 Å². The first kappa shape index (κ1) is 24.7. The fraction of sp³-hybridized carbons (Fsp3) is 0.148. The van der Waals surface area contributed by atoms with Crippen LogP contribution in [0.2, 0.25) is 5.15 Å². The molecule has 0 aliphatic heterocycles. The van der Waals surface area contributed by atoms with Crippen LogP contribution in [0.5, 0.6) is 0 Å². The average Bonchev–Trinajstić information content (AvgIpc) is 2.87. The Morgan fingerprint density at radius 1 is 0.943 bits per heavy atom. The summed E-state index contributed by atoms with van der Waals surface area (Å²) in [6.45, 7) is 1.05. The second-order valence-corrected chi connectivity index (χ2v) is 9.30. The Morgan fingerprint density at radius 3 is 2.34 bits per heavy atom. The molecule has 1 N–H and O–H groups in total. The SMILES string of the molecule is CN(Cc1ccccc1)c1cc(Cl)nc(SCc2ccc(C(=O)NCc3ccc(F)cc3)cc2)n1. The van der Waals surface area contributed by atoms with E-state index in [9.17, 15) is 9.18 Å². The van der Waals surface area contributed by atoms with Crippen molar-refractivity contribution in [2.45, 2.75) is 24.0 Å². The number of carbonyl (C=O) groups is 1. The molecule has 0 bridgehead atoms. The van der Waals surface area contributed by atoms with E-state index in [2.05, 4.69) is 27.4 Å². The second kappa shape index (κ2) is 11.8. The number of nitrogens with zero attached hydrogens (tertiary/aromatic N) is 3. The third-order valence-corrected chi connectivity index (χ3v) is 6.38. The summed E-state index contributed by atoms with van der Waals surface area (Å²) in [6.07, 6.45) is 0. The molecule has 0 saturated carbocycles. The Labute approximate surface area is 213 Å². The molecule has 0 radical (unpaired) electrons. The summed E-state index contributed by atoms with van der Waals surface area (Å²) in [5.41, 5.74) is 3.61. The number of hydrogen-bond acceptors (Lipinski definition) is 5. The third kappa shape index (κ3) is 7.28. The fourth-order valence-corrected chi connectivity index (χ4v) is 4.41. The summed E-state index contributed by atoms with van der Waals surface area (Å²) in [6, 6.07) is 25.4. The normalized spacial score (nSPS) is 10.7. The molecule has 1 aromatic heterocycles. The lowest BCUT2D eigenvalue weighted by molar-refractivity contribution is 0.0951. The van der Waals surface area contributed by atoms with E-state index in [1.54, 1.807) is 30.3 Å². The molecular formula is C27H24ClFN4OS. The van der Waals surface area contributed by atoms with E-state index in [-0.39, 0.29) is 11.7 Å². The van der Waals surface area contributed by atoms with Crippen molar-refractivity contribution in [1.29, 1.82) is 0 Å². The van der Waals surface area contributed by atoms with Crippen LogP contribution in [0, 0.1) is 5.82 Å². The summed E-state index contributed by atoms with van der Waals surface area (Å²) in [5, 5.41) is 3.83. The predicted molar refractivity (Wildman–Crippen MR) is 139 cm³/mol. The first-order chi connectivity index (χ1) is 17.0. The van der Waals surface area contributed by atoms with Crippen molar-refractivity contribution in [1.82, 2.24) is 15.3 Å². The van der Waals surface area contributed by atoms with Gasteiger partial charge in [0, 0.05) is 37.5 Å². The van der Waals surface area contributed by atoms with Crippen LogP contribution in [-0.4, -0.2) is 22.9 Å². The zero-order valence-corrected chi connectivity index (χ0v) is 20.7. The van der Waals surface area contributed by atoms with Crippen LogP contribution in [0.1, 0.15) is 27.0 Å². The maximum atomic E-state index is 13.0. The monoisotopic (exact) mass is 506 g/mol. The van der Waals surface area contributed by atoms with Crippen molar-refractivity contribution in [2.75, 3.05) is 11.9 Å². The summed E-state index contributed by atoms with van der Waals surface area (Å²) >= 11 is 7.75. The lowest BCUT2D eigenvalue weighted by Gasteiger charge is -2.19. The van der Waals surface area contributed by atoms with E-state index < -0.39 is 0 Å². The number of anilines is 1. The van der Waals surface area contributed by atoms with Crippen LogP contribution in [0.25, 0.3) is 0 Å². The van der Waals surface area contributed by atoms with Gasteiger partial charge in [0.2, 0.25) is 0 Å². The molecular weight excluding hydrogens is 483 g/mol. The van der Waals surface area contributed by atoms with Gasteiger partial charge in [-0.3, -0.25) is 4.79 Å². The summed E-state index contributed by atoms with van der Waals surface area (Å²) in [5.74, 6) is 0.911. The molecule has 0 spiro atoms. The number of benzene rings is 3. The minimum Gasteiger partial charge on any atom is -0.355 e. The first-order valence-corrected chi connectivity index (χ1v) is 12.4. The zero-order chi connectivity index (χ0) is 24.6. The standard InChI is InChI=1S/C27H24ClFN4OS/c1-33(17-20-5-3-2-4-6-20)25-15-24(28)31-27(32-25)35-18-21-7-11-22(12-8-21)26(34)30-16-19-9-13-23(29)14-10-19/h2-15H,16-18H2,1H3,(H,30,34). The van der Waals surface area contributed by atoms with E-state index in [1.165, 1.54) is 29.5 Å². The molecule has 0 atom stereocenters. The second-order valence-electron chi connectivity index (χ2n) is 7.97. The van der Waals surface area contributed by atoms with Gasteiger partial charge in [-0.05, 0) is 41.0 Å². The zero-order valence-electron chi connectivity index (χ0n) is 19.1. The summed E-state index contributed by atoms with van der Waals surface area (Å²) < 4.78 is 13.0. The average molecular weight is 507 g/mol. The molecule has 0 saturated heterocycles. The van der Waals surface area contributed by atoms with Gasteiger partial charge in [-0.25, -0.2) is 14.4 Å². The van der Waals surface area contributed by atoms with Gasteiger partial charge in [0.25, 0.3) is 5.91 Å². The molecule has 0 aliphatic rings. The molecule has 8 heteroatoms. The minimum absolute atomic E-state index is 0.183. The topological polar surface area (TPSA) is 58.1 Å². The third-order valence-electron chi connectivity index (χ3n) is 5.26. The number of carbonyl (C=O) groups excluding carboxylic acids is 1. The molecule has 4 aromatic rings. The van der Waals surface area contributed by atoms with E-state index in [0.717, 1.165) is 16.9 Å². The first-order valence-electron chi connectivity index (χ1n) is 11.0. The van der Waals surface area contributed by atoms with Crippen molar-refractivity contribution in [2.24, 2.45) is 0 Å². The van der Waals surface area contributed by atoms with Crippen LogP contribution in [-0.2, 0) is 18.8 Å². The van der Waals surface area contributed by atoms with Gasteiger partial charge in [-0.15, -0.1) is 0 Å². The van der Waals surface area contributed by atoms with Crippen LogP contribution in [0.15, 0.2) is 90.1 Å². The number of amides is 1. The van der Waals surface area contributed by atoms with Gasteiger partial charge in [0.1, 0.15) is 16.8 Å². The predicted octanol–water partition coefficient (Wildman–Crippen LogP) is 6.13. The van der Waals surface area contributed by atoms with Crippen molar-refractivity contribution < 1.29 is 9.18 Å². The van der Waals surface area contributed by atoms with Crippen molar-refractivity contribution >= 4 is 35.1 Å². The number of thioether (sulfide) groups is 1. The Kier molecular flexibility index (Phi) is 8.34. The lowest BCUT2D eigenvalue weighted by atomic mass is 10.1. The molecule has 178 valence electrons. The van der Waals surface area contributed by atoms with Crippen LogP contribution in [0.4, 0.5) is 10.2 Å². The Morgan fingerprint density at radius 2 is 1.63 bits per heavy atom. The maximum Gasteiger partial charge on any atom is 0.251 e. The summed E-state index contributed by atoms with van der Waals surface area (Å²) in [4.78, 5) is 23.5. The van der Waals surface area contributed by atoms with Gasteiger partial charge in [0.05, 0.1) is 0 Å². The highest BCUT2D eigenvalue weighted by Crippen LogP contribution is 2.25. The highest BCUT2D eigenvalue weighted by molar-refractivity contribution is 7.98. The molecule has 3 aromatic carbocycles. The van der Waals surface area contributed by atoms with E-state index in [1.807, 2.05) is 42.3 Å². The van der Waals surface area contributed by atoms with Gasteiger partial charge in [0.15, 0.2) is 5.16 Å². The van der Waals surface area contributed by atoms with Gasteiger partial charge < -0.3 is 10.2 Å². The largest absolute Gasteiger partial charge is 0.355 e. The van der Waals surface area contributed by atoms with Crippen molar-refractivity contribution in [3.8, 4) is 0 Å². The van der Waals surface area contributed by atoms with Gasteiger partial charge >= 0.3 is 0 Å². The molecule has 0 aliphatic carbocycles. The Balaban J connectivity index is 1.32. The molecule has 5 nitrogen and oxygen atoms in total. The fourth-order valence-electron chi connectivity index (χ4n) is 3.37. The number of aromatic nitrogens is 2. The smallest absolute Gasteiger partial charge is 0.251 e. The number of rotatable bonds is 9. The van der Waals surface area contributed by atoms with E-state index >= 15 is 0 Å². The van der Waals surface area contributed by atoms with Gasteiger partial charge in [-0.1, -0.05) is 78.0 Å². The number of nitrogens with one attached hydrogen (secondary N) is 1. The maximum absolute atomic E-state index is 13.0. The lowest BCUT2D eigenvalue weighted by Crippen LogP contribution is -2.22. The quantitative estimate of drug-likeness (QED) is 0.168. The summed E-state index contributed by atoms with van der Waals surface area (Å²) in [7, 11) is 1.97. The minimum atomic E-state index is -0.299. The van der Waals surface area contributed by atoms with E-state index in [0.29, 0.717) is 34.7 Å². The van der Waals surface area contributed by atoms with Crippen molar-refractivity contribution in [3.05, 3.63) is 118 Å². The molecule has 4 rings (SSSR count). The molecule has 1 amide bonds.